The van der Waals surface area contributed by atoms with Gasteiger partial charge in [-0.15, -0.1) is 0 Å². The molecule has 8 heteroatoms. The Morgan fingerprint density at radius 1 is 1.27 bits per heavy atom. The van der Waals surface area contributed by atoms with E-state index in [1.807, 2.05) is 6.07 Å². The number of nitrogens with one attached hydrogen (secondary N) is 1. The summed E-state index contributed by atoms with van der Waals surface area (Å²) in [6, 6.07) is 8.43. The van der Waals surface area contributed by atoms with Gasteiger partial charge in [0.15, 0.2) is 5.52 Å². The number of rotatable bonds is 4. The normalized spacial score (nSPS) is 23.4. The second-order valence-corrected chi connectivity index (χ2v) is 9.46. The molecule has 5 rings (SSSR count). The van der Waals surface area contributed by atoms with Gasteiger partial charge < -0.3 is 9.72 Å². The highest BCUT2D eigenvalue weighted by molar-refractivity contribution is 9.10. The lowest BCUT2D eigenvalue weighted by atomic mass is 9.97. The lowest BCUT2D eigenvalue weighted by Gasteiger charge is -2.21. The Morgan fingerprint density at radius 2 is 2.10 bits per heavy atom. The molecule has 2 unspecified atom stereocenters. The van der Waals surface area contributed by atoms with Crippen molar-refractivity contribution in [1.29, 1.82) is 0 Å². The number of aromatic nitrogens is 4. The van der Waals surface area contributed by atoms with Gasteiger partial charge in [0.2, 0.25) is 0 Å². The average molecular weight is 472 g/mol. The van der Waals surface area contributed by atoms with Crippen molar-refractivity contribution in [2.45, 2.75) is 38.1 Å². The van der Waals surface area contributed by atoms with Crippen LogP contribution < -0.4 is 5.56 Å². The van der Waals surface area contributed by atoms with E-state index < -0.39 is 0 Å². The zero-order valence-electron chi connectivity index (χ0n) is 17.1. The number of H-pyrrole nitrogens is 1. The van der Waals surface area contributed by atoms with Gasteiger partial charge in [-0.25, -0.2) is 9.50 Å². The molecule has 2 aromatic heterocycles. The van der Waals surface area contributed by atoms with Crippen molar-refractivity contribution in [3.05, 3.63) is 62.5 Å². The fourth-order valence-electron chi connectivity index (χ4n) is 4.78. The van der Waals surface area contributed by atoms with Crippen LogP contribution >= 0.6 is 15.9 Å². The molecule has 1 aromatic carbocycles. The van der Waals surface area contributed by atoms with Crippen molar-refractivity contribution in [3.63, 3.8) is 0 Å². The van der Waals surface area contributed by atoms with E-state index in [2.05, 4.69) is 55.9 Å². The predicted molar refractivity (Wildman–Crippen MR) is 118 cm³/mol. The SMILES string of the molecule is CC1CN(Cc2cccc(Br)c2)CC1c1nn2c(C3CCOCC3)ncc2c(=O)[nH]1. The Balaban J connectivity index is 1.42. The first kappa shape index (κ1) is 19.9. The Hall–Kier alpha value is -2.03. The van der Waals surface area contributed by atoms with Gasteiger partial charge in [-0.2, -0.15) is 5.10 Å². The number of nitrogens with zero attached hydrogens (tertiary/aromatic N) is 4. The monoisotopic (exact) mass is 471 g/mol. The van der Waals surface area contributed by atoms with Gasteiger partial charge in [-0.3, -0.25) is 9.69 Å². The maximum Gasteiger partial charge on any atom is 0.276 e. The molecule has 7 nitrogen and oxygen atoms in total. The number of ether oxygens (including phenoxy) is 1. The summed E-state index contributed by atoms with van der Waals surface area (Å²) in [7, 11) is 0. The lowest BCUT2D eigenvalue weighted by molar-refractivity contribution is 0.0832. The van der Waals surface area contributed by atoms with Crippen molar-refractivity contribution in [2.75, 3.05) is 26.3 Å². The van der Waals surface area contributed by atoms with Gasteiger partial charge in [0, 0.05) is 49.2 Å². The average Bonchev–Trinajstić information content (AvgIpc) is 3.32. The molecule has 30 heavy (non-hydrogen) atoms. The van der Waals surface area contributed by atoms with Crippen molar-refractivity contribution in [2.24, 2.45) is 5.92 Å². The van der Waals surface area contributed by atoms with E-state index in [1.54, 1.807) is 10.7 Å². The summed E-state index contributed by atoms with van der Waals surface area (Å²) in [5, 5.41) is 4.88. The van der Waals surface area contributed by atoms with Crippen LogP contribution in [-0.4, -0.2) is 50.8 Å². The second kappa shape index (κ2) is 8.24. The predicted octanol–water partition coefficient (Wildman–Crippen LogP) is 3.31. The van der Waals surface area contributed by atoms with E-state index in [9.17, 15) is 4.79 Å². The van der Waals surface area contributed by atoms with Crippen LogP contribution in [0, 0.1) is 5.92 Å². The van der Waals surface area contributed by atoms with Crippen LogP contribution in [-0.2, 0) is 11.3 Å². The summed E-state index contributed by atoms with van der Waals surface area (Å²) in [6.07, 6.45) is 3.49. The molecule has 2 fully saturated rings. The molecule has 0 aliphatic carbocycles. The summed E-state index contributed by atoms with van der Waals surface area (Å²) in [5.41, 5.74) is 1.70. The minimum atomic E-state index is -0.108. The largest absolute Gasteiger partial charge is 0.381 e. The van der Waals surface area contributed by atoms with Crippen LogP contribution in [0.5, 0.6) is 0 Å². The summed E-state index contributed by atoms with van der Waals surface area (Å²) < 4.78 is 8.37. The van der Waals surface area contributed by atoms with E-state index >= 15 is 0 Å². The van der Waals surface area contributed by atoms with Crippen molar-refractivity contribution < 1.29 is 4.74 Å². The standard InChI is InChI=1S/C22H26BrN5O2/c1-14-11-27(12-15-3-2-4-17(23)9-15)13-18(14)20-25-22(29)19-10-24-21(28(19)26-20)16-5-7-30-8-6-16/h2-4,9-10,14,16,18H,5-8,11-13H2,1H3,(H,25,26,29). The van der Waals surface area contributed by atoms with Gasteiger partial charge in [-0.1, -0.05) is 35.0 Å². The molecule has 2 aliphatic rings. The summed E-state index contributed by atoms with van der Waals surface area (Å²) in [5.74, 6) is 2.55. The van der Waals surface area contributed by atoms with Crippen LogP contribution in [0.1, 0.15) is 48.8 Å². The molecule has 3 aromatic rings. The topological polar surface area (TPSA) is 75.5 Å². The molecule has 2 saturated heterocycles. The molecule has 4 heterocycles. The van der Waals surface area contributed by atoms with Gasteiger partial charge in [0.25, 0.3) is 5.56 Å². The minimum absolute atomic E-state index is 0.108. The summed E-state index contributed by atoms with van der Waals surface area (Å²) in [6.45, 7) is 6.47. The van der Waals surface area contributed by atoms with Crippen LogP contribution in [0.2, 0.25) is 0 Å². The number of benzene rings is 1. The number of aromatic amines is 1. The summed E-state index contributed by atoms with van der Waals surface area (Å²) in [4.78, 5) is 22.8. The number of hydrogen-bond donors (Lipinski definition) is 1. The van der Waals surface area contributed by atoms with Crippen LogP contribution in [0.15, 0.2) is 39.7 Å². The van der Waals surface area contributed by atoms with Crippen LogP contribution in [0.4, 0.5) is 0 Å². The van der Waals surface area contributed by atoms with Gasteiger partial charge in [-0.05, 0) is 36.5 Å². The Bertz CT molecular complexity index is 1100. The van der Waals surface area contributed by atoms with Crippen LogP contribution in [0.25, 0.3) is 5.52 Å². The van der Waals surface area contributed by atoms with Crippen molar-refractivity contribution in [3.8, 4) is 0 Å². The van der Waals surface area contributed by atoms with Crippen LogP contribution in [0.3, 0.4) is 0 Å². The highest BCUT2D eigenvalue weighted by atomic mass is 79.9. The molecule has 0 bridgehead atoms. The molecule has 0 radical (unpaired) electrons. The smallest absolute Gasteiger partial charge is 0.276 e. The highest BCUT2D eigenvalue weighted by Crippen LogP contribution is 2.32. The Morgan fingerprint density at radius 3 is 2.90 bits per heavy atom. The minimum Gasteiger partial charge on any atom is -0.381 e. The Labute approximate surface area is 183 Å². The lowest BCUT2D eigenvalue weighted by Crippen LogP contribution is -2.24. The Kier molecular flexibility index (Phi) is 5.47. The number of likely N-dealkylation sites (tertiary alicyclic amines) is 1. The number of hydrogen-bond acceptors (Lipinski definition) is 5. The van der Waals surface area contributed by atoms with E-state index in [1.165, 1.54) is 5.56 Å². The first-order valence-corrected chi connectivity index (χ1v) is 11.4. The fraction of sp³-hybridized carbons (Fsp3) is 0.500. The van der Waals surface area contributed by atoms with Crippen molar-refractivity contribution in [1.82, 2.24) is 24.5 Å². The molecule has 2 aliphatic heterocycles. The molecule has 158 valence electrons. The quantitative estimate of drug-likeness (QED) is 0.631. The number of imidazole rings is 1. The zero-order valence-corrected chi connectivity index (χ0v) is 18.6. The molecule has 1 N–H and O–H groups in total. The molecule has 0 spiro atoms. The highest BCUT2D eigenvalue weighted by Gasteiger charge is 2.33. The van der Waals surface area contributed by atoms with E-state index in [-0.39, 0.29) is 17.4 Å². The summed E-state index contributed by atoms with van der Waals surface area (Å²) >= 11 is 3.55. The maximum atomic E-state index is 12.8. The molecule has 0 saturated carbocycles. The molecular formula is C22H26BrN5O2. The number of halogens is 1. The maximum absolute atomic E-state index is 12.8. The molecular weight excluding hydrogens is 446 g/mol. The zero-order chi connectivity index (χ0) is 20.7. The molecule has 2 atom stereocenters. The first-order chi connectivity index (χ1) is 14.6. The number of fused-ring (bicyclic) bond motifs is 1. The van der Waals surface area contributed by atoms with E-state index in [0.29, 0.717) is 11.4 Å². The fourth-order valence-corrected chi connectivity index (χ4v) is 5.23. The third kappa shape index (κ3) is 3.84. The van der Waals surface area contributed by atoms with E-state index in [0.717, 1.165) is 61.8 Å². The van der Waals surface area contributed by atoms with Gasteiger partial charge in [0.05, 0.1) is 6.20 Å². The van der Waals surface area contributed by atoms with Gasteiger partial charge in [0.1, 0.15) is 11.6 Å². The third-order valence-corrected chi connectivity index (χ3v) is 6.86. The second-order valence-electron chi connectivity index (χ2n) is 8.55. The first-order valence-electron chi connectivity index (χ1n) is 10.6. The molecule has 0 amide bonds. The van der Waals surface area contributed by atoms with Gasteiger partial charge >= 0.3 is 0 Å². The van der Waals surface area contributed by atoms with E-state index in [4.69, 9.17) is 9.84 Å². The van der Waals surface area contributed by atoms with Crippen molar-refractivity contribution >= 4 is 21.4 Å². The third-order valence-electron chi connectivity index (χ3n) is 6.37.